The van der Waals surface area contributed by atoms with E-state index >= 15 is 0 Å². The second-order valence-electron chi connectivity index (χ2n) is 3.97. The molecule has 2 aliphatic heterocycles. The molecule has 2 rings (SSSR count). The fourth-order valence-corrected chi connectivity index (χ4v) is 9.82. The molecule has 0 aliphatic carbocycles. The zero-order valence-corrected chi connectivity index (χ0v) is 10.4. The molecule has 0 spiro atoms. The second kappa shape index (κ2) is 4.55. The van der Waals surface area contributed by atoms with Gasteiger partial charge < -0.3 is 8.99 Å². The highest BCUT2D eigenvalue weighted by molar-refractivity contribution is 7.08. The summed E-state index contributed by atoms with van der Waals surface area (Å²) in [4.78, 5) is 0. The van der Waals surface area contributed by atoms with E-state index in [1.165, 1.54) is 38.8 Å². The summed E-state index contributed by atoms with van der Waals surface area (Å²) in [5, 5.41) is 0. The third-order valence-corrected chi connectivity index (χ3v) is 11.2. The molecule has 70 valence electrons. The third kappa shape index (κ3) is 2.19. The molecule has 1 unspecified atom stereocenters. The normalized spacial score (nSPS) is 35.5. The number of hydrogen-bond acceptors (Lipinski definition) is 2. The Labute approximate surface area is 78.7 Å². The highest BCUT2D eigenvalue weighted by Crippen LogP contribution is 2.15. The van der Waals surface area contributed by atoms with Crippen LogP contribution in [0.1, 0.15) is 25.7 Å². The fourth-order valence-electron chi connectivity index (χ4n) is 2.30. The molecule has 0 bridgehead atoms. The maximum absolute atomic E-state index is 5.69. The lowest BCUT2D eigenvalue weighted by atomic mass is 10.2. The van der Waals surface area contributed by atoms with Crippen molar-refractivity contribution in [2.24, 2.45) is 0 Å². The van der Waals surface area contributed by atoms with Crippen molar-refractivity contribution in [1.82, 2.24) is 4.57 Å². The van der Waals surface area contributed by atoms with Gasteiger partial charge in [0.15, 0.2) is 9.28 Å². The maximum atomic E-state index is 5.69. The van der Waals surface area contributed by atoms with Crippen LogP contribution in [0.4, 0.5) is 0 Å². The minimum absolute atomic E-state index is 0.0576. The summed E-state index contributed by atoms with van der Waals surface area (Å²) < 4.78 is 8.52. The highest BCUT2D eigenvalue weighted by Gasteiger charge is 2.24. The zero-order chi connectivity index (χ0) is 8.23. The summed E-state index contributed by atoms with van der Waals surface area (Å²) in [5.74, 6) is 0. The maximum Gasteiger partial charge on any atom is 0.164 e. The van der Waals surface area contributed by atoms with Crippen molar-refractivity contribution in [2.75, 3.05) is 19.7 Å². The van der Waals surface area contributed by atoms with Crippen molar-refractivity contribution in [3.8, 4) is 0 Å². The quantitative estimate of drug-likeness (QED) is 0.562. The van der Waals surface area contributed by atoms with Crippen LogP contribution in [0, 0.1) is 0 Å². The fraction of sp³-hybridized carbons (Fsp3) is 1.00. The van der Waals surface area contributed by atoms with Crippen molar-refractivity contribution in [1.29, 1.82) is 0 Å². The number of hydrogen-bond donors (Lipinski definition) is 0. The molecule has 4 heteroatoms. The molecule has 0 radical (unpaired) electrons. The van der Waals surface area contributed by atoms with E-state index in [4.69, 9.17) is 4.43 Å². The van der Waals surface area contributed by atoms with Gasteiger partial charge in [0.2, 0.25) is 0 Å². The van der Waals surface area contributed by atoms with E-state index in [9.17, 15) is 0 Å². The first-order chi connectivity index (χ1) is 5.97. The van der Waals surface area contributed by atoms with Crippen LogP contribution in [0.2, 0.25) is 6.04 Å². The molecule has 2 aliphatic rings. The van der Waals surface area contributed by atoms with Crippen molar-refractivity contribution in [2.45, 2.75) is 31.7 Å². The van der Waals surface area contributed by atoms with Crippen molar-refractivity contribution >= 4 is 17.8 Å². The molecule has 2 saturated heterocycles. The minimum atomic E-state index is -0.458. The molecular formula is C8H19NOSi2. The lowest BCUT2D eigenvalue weighted by Crippen LogP contribution is -2.49. The van der Waals surface area contributed by atoms with Crippen LogP contribution in [-0.4, -0.2) is 42.0 Å². The van der Waals surface area contributed by atoms with Gasteiger partial charge in [0, 0.05) is 6.61 Å². The summed E-state index contributed by atoms with van der Waals surface area (Å²) in [5.41, 5.74) is 0. The van der Waals surface area contributed by atoms with E-state index in [0.29, 0.717) is 0 Å². The number of rotatable bonds is 1. The van der Waals surface area contributed by atoms with Gasteiger partial charge in [-0.05, 0) is 38.4 Å². The number of nitrogens with zero attached hydrogens (tertiary/aromatic N) is 1. The zero-order valence-electron chi connectivity index (χ0n) is 7.80. The molecule has 0 aromatic rings. The van der Waals surface area contributed by atoms with Crippen LogP contribution < -0.4 is 0 Å². The van der Waals surface area contributed by atoms with E-state index in [0.717, 1.165) is 6.61 Å². The SMILES string of the molecule is C1CCN([SiH]2CCCO[SiH2]2)CC1. The molecule has 0 saturated carbocycles. The van der Waals surface area contributed by atoms with Crippen LogP contribution in [0.3, 0.4) is 0 Å². The highest BCUT2D eigenvalue weighted by atomic mass is 29.2. The molecule has 2 fully saturated rings. The van der Waals surface area contributed by atoms with E-state index in [1.807, 2.05) is 0 Å². The van der Waals surface area contributed by atoms with Crippen LogP contribution in [0.15, 0.2) is 0 Å². The van der Waals surface area contributed by atoms with E-state index in [1.54, 1.807) is 6.04 Å². The Hall–Kier alpha value is 0.354. The summed E-state index contributed by atoms with van der Waals surface area (Å²) in [6.45, 7) is 3.91. The van der Waals surface area contributed by atoms with Crippen molar-refractivity contribution < 1.29 is 4.43 Å². The Morgan fingerprint density at radius 1 is 1.08 bits per heavy atom. The second-order valence-corrected chi connectivity index (χ2v) is 11.2. The standard InChI is InChI=1S/C8H19NOSi2/c1-2-5-9(6-3-1)12-8-4-7-10-11-12/h12H,1-8,11H2. The number of piperidine rings is 1. The van der Waals surface area contributed by atoms with E-state index in [-0.39, 0.29) is 9.28 Å². The van der Waals surface area contributed by atoms with Crippen LogP contribution >= 0.6 is 0 Å². The van der Waals surface area contributed by atoms with Crippen molar-refractivity contribution in [3.05, 3.63) is 0 Å². The van der Waals surface area contributed by atoms with Crippen LogP contribution in [0.5, 0.6) is 0 Å². The van der Waals surface area contributed by atoms with Gasteiger partial charge in [0.05, 0.1) is 0 Å². The average molecular weight is 201 g/mol. The van der Waals surface area contributed by atoms with Gasteiger partial charge in [-0.1, -0.05) is 6.42 Å². The lowest BCUT2D eigenvalue weighted by molar-refractivity contribution is 0.311. The first-order valence-corrected chi connectivity index (χ1v) is 10.5. The molecule has 0 aromatic carbocycles. The average Bonchev–Trinajstić information content (AvgIpc) is 2.21. The van der Waals surface area contributed by atoms with Gasteiger partial charge in [-0.15, -0.1) is 0 Å². The summed E-state index contributed by atoms with van der Waals surface area (Å²) >= 11 is 0. The third-order valence-electron chi connectivity index (χ3n) is 3.04. The molecule has 0 aromatic heterocycles. The molecule has 0 amide bonds. The Morgan fingerprint density at radius 3 is 2.58 bits per heavy atom. The van der Waals surface area contributed by atoms with Gasteiger partial charge in [-0.3, -0.25) is 0 Å². The predicted molar refractivity (Wildman–Crippen MR) is 56.5 cm³/mol. The summed E-state index contributed by atoms with van der Waals surface area (Å²) in [7, 11) is -0.515. The molecule has 2 nitrogen and oxygen atoms in total. The first-order valence-electron chi connectivity index (χ1n) is 5.28. The summed E-state index contributed by atoms with van der Waals surface area (Å²) in [6, 6.07) is 1.56. The predicted octanol–water partition coefficient (Wildman–Crippen LogP) is 0.197. The summed E-state index contributed by atoms with van der Waals surface area (Å²) in [6.07, 6.45) is 5.75. The van der Waals surface area contributed by atoms with Crippen molar-refractivity contribution in [3.63, 3.8) is 0 Å². The van der Waals surface area contributed by atoms with Crippen LogP contribution in [-0.2, 0) is 4.43 Å². The lowest BCUT2D eigenvalue weighted by Gasteiger charge is -2.35. The molecule has 2 heterocycles. The first kappa shape index (κ1) is 8.93. The Balaban J connectivity index is 1.80. The molecule has 0 N–H and O–H groups in total. The smallest absolute Gasteiger partial charge is 0.164 e. The Morgan fingerprint density at radius 2 is 1.92 bits per heavy atom. The van der Waals surface area contributed by atoms with Gasteiger partial charge >= 0.3 is 0 Å². The monoisotopic (exact) mass is 201 g/mol. The Kier molecular flexibility index (Phi) is 3.39. The molecule has 1 atom stereocenters. The Bertz CT molecular complexity index is 117. The molecular weight excluding hydrogens is 182 g/mol. The van der Waals surface area contributed by atoms with Crippen LogP contribution in [0.25, 0.3) is 0 Å². The molecule has 12 heavy (non-hydrogen) atoms. The van der Waals surface area contributed by atoms with Gasteiger partial charge in [0.25, 0.3) is 0 Å². The van der Waals surface area contributed by atoms with E-state index < -0.39 is 8.48 Å². The minimum Gasteiger partial charge on any atom is -0.426 e. The van der Waals surface area contributed by atoms with E-state index in [2.05, 4.69) is 4.57 Å². The largest absolute Gasteiger partial charge is 0.426 e. The topological polar surface area (TPSA) is 12.5 Å². The van der Waals surface area contributed by atoms with Gasteiger partial charge in [-0.2, -0.15) is 0 Å². The van der Waals surface area contributed by atoms with Gasteiger partial charge in [0.1, 0.15) is 8.48 Å². The van der Waals surface area contributed by atoms with Gasteiger partial charge in [-0.25, -0.2) is 0 Å².